The van der Waals surface area contributed by atoms with Gasteiger partial charge < -0.3 is 4.74 Å². The van der Waals surface area contributed by atoms with Gasteiger partial charge in [-0.25, -0.2) is 4.68 Å². The molecule has 24 heavy (non-hydrogen) atoms. The Balaban J connectivity index is 2.18. The van der Waals surface area contributed by atoms with Gasteiger partial charge in [0.1, 0.15) is 23.7 Å². The summed E-state index contributed by atoms with van der Waals surface area (Å²) in [4.78, 5) is 0. The van der Waals surface area contributed by atoms with E-state index in [4.69, 9.17) is 18.0 Å². The predicted octanol–water partition coefficient (Wildman–Crippen LogP) is 3.62. The minimum Gasteiger partial charge on any atom is -0.434 e. The van der Waals surface area contributed by atoms with Crippen LogP contribution < -0.4 is 4.74 Å². The molecule has 0 amide bonds. The minimum absolute atomic E-state index is 0.0336. The number of rotatable bonds is 5. The molecule has 0 atom stereocenters. The van der Waals surface area contributed by atoms with Gasteiger partial charge in [-0.15, -0.1) is 6.42 Å². The number of ether oxygens (including phenoxy) is 1. The van der Waals surface area contributed by atoms with E-state index >= 15 is 0 Å². The van der Waals surface area contributed by atoms with Crippen molar-refractivity contribution in [3.63, 3.8) is 0 Å². The lowest BCUT2D eigenvalue weighted by atomic mass is 10.1. The monoisotopic (exact) mass is 348 g/mol. The summed E-state index contributed by atoms with van der Waals surface area (Å²) in [5, 5.41) is 8.88. The third-order valence-electron chi connectivity index (χ3n) is 3.16. The highest BCUT2D eigenvalue weighted by molar-refractivity contribution is 6.31. The normalized spacial score (nSPS) is 10.8. The fourth-order valence-electron chi connectivity index (χ4n) is 2.24. The van der Waals surface area contributed by atoms with Gasteiger partial charge in [-0.2, -0.15) is 19.0 Å². The smallest absolute Gasteiger partial charge is 0.387 e. The summed E-state index contributed by atoms with van der Waals surface area (Å²) in [5.74, 6) is 2.44. The van der Waals surface area contributed by atoms with Gasteiger partial charge in [0.15, 0.2) is 0 Å². The fraction of sp³-hybridized carbons (Fsp3) is 0.125. The van der Waals surface area contributed by atoms with Crippen molar-refractivity contribution in [1.29, 1.82) is 0 Å². The molecule has 2 heterocycles. The van der Waals surface area contributed by atoms with Gasteiger partial charge in [-0.1, -0.05) is 17.5 Å². The van der Waals surface area contributed by atoms with E-state index in [-0.39, 0.29) is 12.3 Å². The van der Waals surface area contributed by atoms with Gasteiger partial charge in [0, 0.05) is 23.0 Å². The van der Waals surface area contributed by atoms with Gasteiger partial charge in [-0.05, 0) is 24.3 Å². The molecular formula is C16H11ClF2N4O. The zero-order chi connectivity index (χ0) is 17.1. The van der Waals surface area contributed by atoms with Gasteiger partial charge in [-0.3, -0.25) is 4.68 Å². The lowest BCUT2D eigenvalue weighted by Crippen LogP contribution is -2.04. The Hall–Kier alpha value is -2.85. The van der Waals surface area contributed by atoms with Crippen LogP contribution in [0.2, 0.25) is 5.02 Å². The molecule has 8 heteroatoms. The first kappa shape index (κ1) is 16.0. The average molecular weight is 349 g/mol. The van der Waals surface area contributed by atoms with Gasteiger partial charge in [0.25, 0.3) is 0 Å². The standard InChI is InChI=1S/C16H11ClF2N4O/c1-2-7-22-10-13(23-8-3-6-20-23)15(21-22)12-9-11(17)4-5-14(12)24-16(18)19/h1,3-6,8-10,16H,7H2. The summed E-state index contributed by atoms with van der Waals surface area (Å²) < 4.78 is 33.0. The van der Waals surface area contributed by atoms with Crippen LogP contribution >= 0.6 is 11.6 Å². The van der Waals surface area contributed by atoms with Crippen LogP contribution in [0.1, 0.15) is 0 Å². The van der Waals surface area contributed by atoms with Crippen LogP contribution in [0.25, 0.3) is 16.9 Å². The van der Waals surface area contributed by atoms with E-state index in [2.05, 4.69) is 20.9 Å². The lowest BCUT2D eigenvalue weighted by molar-refractivity contribution is -0.0494. The third kappa shape index (κ3) is 3.24. The Morgan fingerprint density at radius 3 is 2.88 bits per heavy atom. The number of aromatic nitrogens is 4. The maximum Gasteiger partial charge on any atom is 0.387 e. The molecule has 0 unspecified atom stereocenters. The molecule has 0 bridgehead atoms. The first-order valence-corrected chi connectivity index (χ1v) is 7.22. The van der Waals surface area contributed by atoms with Crippen LogP contribution in [0, 0.1) is 12.3 Å². The molecule has 3 aromatic rings. The van der Waals surface area contributed by atoms with Crippen molar-refractivity contribution in [3.05, 3.63) is 47.9 Å². The molecule has 0 saturated carbocycles. The summed E-state index contributed by atoms with van der Waals surface area (Å²) in [6.07, 6.45) is 10.3. The highest BCUT2D eigenvalue weighted by Crippen LogP contribution is 2.35. The van der Waals surface area contributed by atoms with Crippen LogP contribution in [-0.4, -0.2) is 26.2 Å². The maximum absolute atomic E-state index is 12.7. The number of hydrogen-bond acceptors (Lipinski definition) is 3. The Kier molecular flexibility index (Phi) is 4.49. The molecule has 2 aromatic heterocycles. The highest BCUT2D eigenvalue weighted by Gasteiger charge is 2.19. The molecule has 0 spiro atoms. The first-order chi connectivity index (χ1) is 11.6. The van der Waals surface area contributed by atoms with Crippen LogP contribution in [0.4, 0.5) is 8.78 Å². The second-order valence-electron chi connectivity index (χ2n) is 4.73. The fourth-order valence-corrected chi connectivity index (χ4v) is 2.41. The Morgan fingerprint density at radius 1 is 1.38 bits per heavy atom. The summed E-state index contributed by atoms with van der Waals surface area (Å²) in [6.45, 7) is -2.74. The topological polar surface area (TPSA) is 44.9 Å². The molecule has 3 rings (SSSR count). The predicted molar refractivity (Wildman–Crippen MR) is 85.3 cm³/mol. The number of nitrogens with zero attached hydrogens (tertiary/aromatic N) is 4. The van der Waals surface area contributed by atoms with E-state index in [0.717, 1.165) is 0 Å². The van der Waals surface area contributed by atoms with Crippen molar-refractivity contribution in [1.82, 2.24) is 19.6 Å². The summed E-state index contributed by atoms with van der Waals surface area (Å²) in [5.41, 5.74) is 1.27. The lowest BCUT2D eigenvalue weighted by Gasteiger charge is -2.11. The first-order valence-electron chi connectivity index (χ1n) is 6.84. The molecule has 0 aliphatic heterocycles. The van der Waals surface area contributed by atoms with E-state index in [0.29, 0.717) is 22.0 Å². The van der Waals surface area contributed by atoms with Crippen molar-refractivity contribution < 1.29 is 13.5 Å². The molecule has 0 aliphatic rings. The minimum atomic E-state index is -2.97. The van der Waals surface area contributed by atoms with E-state index < -0.39 is 6.61 Å². The zero-order valence-corrected chi connectivity index (χ0v) is 13.0. The van der Waals surface area contributed by atoms with Crippen LogP contribution in [0.15, 0.2) is 42.9 Å². The average Bonchev–Trinajstić information content (AvgIpc) is 3.18. The molecule has 0 fully saturated rings. The molecule has 5 nitrogen and oxygen atoms in total. The van der Waals surface area contributed by atoms with E-state index in [9.17, 15) is 8.78 Å². The Morgan fingerprint density at radius 2 is 2.21 bits per heavy atom. The second-order valence-corrected chi connectivity index (χ2v) is 5.17. The van der Waals surface area contributed by atoms with Crippen LogP contribution in [0.3, 0.4) is 0 Å². The van der Waals surface area contributed by atoms with Gasteiger partial charge >= 0.3 is 6.61 Å². The Bertz CT molecular complexity index is 884. The number of terminal acetylenes is 1. The van der Waals surface area contributed by atoms with Crippen molar-refractivity contribution in [2.75, 3.05) is 0 Å². The molecular weight excluding hydrogens is 338 g/mol. The van der Waals surface area contributed by atoms with Crippen molar-refractivity contribution in [3.8, 4) is 35.0 Å². The largest absolute Gasteiger partial charge is 0.434 e. The maximum atomic E-state index is 12.7. The number of halogens is 3. The van der Waals surface area contributed by atoms with Crippen molar-refractivity contribution in [2.24, 2.45) is 0 Å². The summed E-state index contributed by atoms with van der Waals surface area (Å²) in [7, 11) is 0. The molecule has 1 aromatic carbocycles. The van der Waals surface area contributed by atoms with Gasteiger partial charge in [0.2, 0.25) is 0 Å². The second kappa shape index (κ2) is 6.72. The summed E-state index contributed by atoms with van der Waals surface area (Å²) >= 11 is 6.02. The zero-order valence-electron chi connectivity index (χ0n) is 12.2. The van der Waals surface area contributed by atoms with Crippen LogP contribution in [-0.2, 0) is 6.54 Å². The van der Waals surface area contributed by atoms with Crippen molar-refractivity contribution in [2.45, 2.75) is 13.2 Å². The van der Waals surface area contributed by atoms with Gasteiger partial charge in [0.05, 0.1) is 6.20 Å². The van der Waals surface area contributed by atoms with Crippen LogP contribution in [0.5, 0.6) is 5.75 Å². The quantitative estimate of drug-likeness (QED) is 0.661. The number of alkyl halides is 2. The molecule has 0 radical (unpaired) electrons. The third-order valence-corrected chi connectivity index (χ3v) is 3.39. The Labute approximate surface area is 141 Å². The van der Waals surface area contributed by atoms with Crippen molar-refractivity contribution >= 4 is 11.6 Å². The molecule has 0 N–H and O–H groups in total. The summed E-state index contributed by atoms with van der Waals surface area (Å²) in [6, 6.07) is 6.08. The molecule has 0 saturated heterocycles. The van der Waals surface area contributed by atoms with E-state index in [1.807, 2.05) is 0 Å². The number of benzene rings is 1. The molecule has 122 valence electrons. The van der Waals surface area contributed by atoms with E-state index in [1.54, 1.807) is 29.3 Å². The van der Waals surface area contributed by atoms with E-state index in [1.165, 1.54) is 22.9 Å². The highest BCUT2D eigenvalue weighted by atomic mass is 35.5. The molecule has 0 aliphatic carbocycles. The SMILES string of the molecule is C#CCn1cc(-n2cccn2)c(-c2cc(Cl)ccc2OC(F)F)n1. The number of hydrogen-bond donors (Lipinski definition) is 0.